The normalized spacial score (nSPS) is 26.1. The van der Waals surface area contributed by atoms with Crippen LogP contribution in [0.1, 0.15) is 97.3 Å². The van der Waals surface area contributed by atoms with E-state index in [2.05, 4.69) is 25.8 Å². The molecule has 0 aromatic rings. The summed E-state index contributed by atoms with van der Waals surface area (Å²) in [5, 5.41) is 20.7. The molecule has 1 aliphatic carbocycles. The molecule has 1 fully saturated rings. The van der Waals surface area contributed by atoms with E-state index in [9.17, 15) is 10.2 Å². The van der Waals surface area contributed by atoms with E-state index in [1.165, 1.54) is 64.2 Å². The van der Waals surface area contributed by atoms with E-state index in [1.807, 2.05) is 0 Å². The van der Waals surface area contributed by atoms with Gasteiger partial charge in [0.25, 0.3) is 0 Å². The minimum absolute atomic E-state index is 0.0688. The molecule has 0 amide bonds. The molecule has 0 aromatic carbocycles. The van der Waals surface area contributed by atoms with Gasteiger partial charge in [-0.15, -0.1) is 0 Å². The average molecular weight is 372 g/mol. The van der Waals surface area contributed by atoms with Crippen molar-refractivity contribution in [2.75, 3.05) is 20.2 Å². The molecule has 1 rings (SSSR count). The third kappa shape index (κ3) is 9.16. The van der Waals surface area contributed by atoms with Crippen LogP contribution in [0.5, 0.6) is 0 Å². The van der Waals surface area contributed by atoms with Gasteiger partial charge in [-0.1, -0.05) is 78.1 Å². The van der Waals surface area contributed by atoms with Crippen molar-refractivity contribution < 1.29 is 14.9 Å². The maximum atomic E-state index is 10.4. The molecule has 0 bridgehead atoms. The molecule has 0 aliphatic heterocycles. The molecule has 1 saturated carbocycles. The maximum Gasteiger partial charge on any atom is 0.101 e. The fraction of sp³-hybridized carbons (Fsp3) is 1.00. The highest BCUT2D eigenvalue weighted by Gasteiger charge is 2.44. The van der Waals surface area contributed by atoms with Gasteiger partial charge in [0.15, 0.2) is 0 Å². The smallest absolute Gasteiger partial charge is 0.101 e. The third-order valence-electron chi connectivity index (χ3n) is 5.77. The fourth-order valence-electron chi connectivity index (χ4n) is 4.11. The van der Waals surface area contributed by atoms with Crippen molar-refractivity contribution in [3.8, 4) is 0 Å². The summed E-state index contributed by atoms with van der Waals surface area (Å²) in [7, 11) is 2.07. The van der Waals surface area contributed by atoms with E-state index in [-0.39, 0.29) is 12.1 Å². The van der Waals surface area contributed by atoms with E-state index < -0.39 is 12.2 Å². The molecule has 0 radical (unpaired) electrons. The zero-order valence-corrected chi connectivity index (χ0v) is 17.7. The SMILES string of the molecule is CCCCCCCCCO[C@@H]1[C@@H](N(C)CCCCCCC)[C@H](O)C[C@@H]1O. The first kappa shape index (κ1) is 23.9. The number of nitrogens with zero attached hydrogens (tertiary/aromatic N) is 1. The lowest BCUT2D eigenvalue weighted by atomic mass is 10.1. The summed E-state index contributed by atoms with van der Waals surface area (Å²) in [6, 6.07) is -0.0688. The molecule has 4 atom stereocenters. The van der Waals surface area contributed by atoms with Crippen LogP contribution in [0.4, 0.5) is 0 Å². The number of aliphatic hydroxyl groups excluding tert-OH is 2. The van der Waals surface area contributed by atoms with Crippen LogP contribution in [0.2, 0.25) is 0 Å². The van der Waals surface area contributed by atoms with E-state index >= 15 is 0 Å². The van der Waals surface area contributed by atoms with E-state index in [4.69, 9.17) is 4.74 Å². The molecular weight excluding hydrogens is 326 g/mol. The Balaban J connectivity index is 2.25. The van der Waals surface area contributed by atoms with Gasteiger partial charge in [-0.25, -0.2) is 0 Å². The number of hydrogen-bond acceptors (Lipinski definition) is 4. The predicted molar refractivity (Wildman–Crippen MR) is 110 cm³/mol. The second kappa shape index (κ2) is 14.8. The summed E-state index contributed by atoms with van der Waals surface area (Å²) in [6.07, 6.45) is 14.3. The summed E-state index contributed by atoms with van der Waals surface area (Å²) in [5.41, 5.74) is 0. The minimum atomic E-state index is -0.540. The van der Waals surface area contributed by atoms with Crippen LogP contribution in [0, 0.1) is 0 Å². The molecule has 0 unspecified atom stereocenters. The molecule has 4 heteroatoms. The molecule has 0 spiro atoms. The van der Waals surface area contributed by atoms with Crippen LogP contribution in [-0.2, 0) is 4.74 Å². The summed E-state index contributed by atoms with van der Waals surface area (Å²) >= 11 is 0. The molecule has 4 nitrogen and oxygen atoms in total. The second-order valence-electron chi connectivity index (χ2n) is 8.21. The van der Waals surface area contributed by atoms with Gasteiger partial charge in [-0.2, -0.15) is 0 Å². The van der Waals surface area contributed by atoms with Gasteiger partial charge in [0.05, 0.1) is 18.2 Å². The van der Waals surface area contributed by atoms with Gasteiger partial charge in [-0.05, 0) is 26.4 Å². The highest BCUT2D eigenvalue weighted by atomic mass is 16.5. The number of unbranched alkanes of at least 4 members (excludes halogenated alkanes) is 10. The molecule has 0 saturated heterocycles. The Morgan fingerprint density at radius 1 is 0.769 bits per heavy atom. The van der Waals surface area contributed by atoms with Crippen LogP contribution in [-0.4, -0.2) is 59.7 Å². The Hall–Kier alpha value is -0.160. The standard InChI is InChI=1S/C22H45NO3/c1-4-6-8-10-11-13-15-17-26-22-20(25)18-19(24)21(22)23(3)16-14-12-9-7-5-2/h19-22,24-25H,4-18H2,1-3H3/t19-,20+,21+,22+/m1/s1. The lowest BCUT2D eigenvalue weighted by Gasteiger charge is -2.32. The molecular formula is C22H45NO3. The Kier molecular flexibility index (Phi) is 13.6. The Bertz CT molecular complexity index is 327. The van der Waals surface area contributed by atoms with Crippen molar-refractivity contribution in [3.05, 3.63) is 0 Å². The molecule has 2 N–H and O–H groups in total. The van der Waals surface area contributed by atoms with E-state index in [1.54, 1.807) is 0 Å². The van der Waals surface area contributed by atoms with Crippen LogP contribution >= 0.6 is 0 Å². The summed E-state index contributed by atoms with van der Waals surface area (Å²) < 4.78 is 6.04. The zero-order valence-electron chi connectivity index (χ0n) is 17.7. The van der Waals surface area contributed by atoms with Crippen molar-refractivity contribution in [2.24, 2.45) is 0 Å². The number of aliphatic hydroxyl groups is 2. The summed E-state index contributed by atoms with van der Waals surface area (Å²) in [4.78, 5) is 2.21. The van der Waals surface area contributed by atoms with E-state index in [0.717, 1.165) is 19.4 Å². The van der Waals surface area contributed by atoms with Crippen LogP contribution in [0.25, 0.3) is 0 Å². The first-order valence-electron chi connectivity index (χ1n) is 11.3. The average Bonchev–Trinajstić information content (AvgIpc) is 2.90. The Morgan fingerprint density at radius 3 is 1.92 bits per heavy atom. The van der Waals surface area contributed by atoms with Gasteiger partial charge in [0.1, 0.15) is 6.10 Å². The van der Waals surface area contributed by atoms with Crippen LogP contribution in [0.3, 0.4) is 0 Å². The maximum absolute atomic E-state index is 10.4. The van der Waals surface area contributed by atoms with Crippen molar-refractivity contribution in [2.45, 2.75) is 122 Å². The van der Waals surface area contributed by atoms with Crippen LogP contribution in [0.15, 0.2) is 0 Å². The predicted octanol–water partition coefficient (Wildman–Crippen LogP) is 4.52. The van der Waals surface area contributed by atoms with Gasteiger partial charge in [0.2, 0.25) is 0 Å². The van der Waals surface area contributed by atoms with Gasteiger partial charge >= 0.3 is 0 Å². The Labute approximate surface area is 162 Å². The number of ether oxygens (including phenoxy) is 1. The fourth-order valence-corrected chi connectivity index (χ4v) is 4.11. The lowest BCUT2D eigenvalue weighted by Crippen LogP contribution is -2.47. The topological polar surface area (TPSA) is 52.9 Å². The highest BCUT2D eigenvalue weighted by molar-refractivity contribution is 4.98. The molecule has 26 heavy (non-hydrogen) atoms. The van der Waals surface area contributed by atoms with Crippen molar-refractivity contribution in [1.82, 2.24) is 4.90 Å². The zero-order chi connectivity index (χ0) is 19.2. The first-order valence-corrected chi connectivity index (χ1v) is 11.3. The molecule has 156 valence electrons. The second-order valence-corrected chi connectivity index (χ2v) is 8.21. The number of likely N-dealkylation sites (N-methyl/N-ethyl adjacent to an activating group) is 1. The lowest BCUT2D eigenvalue weighted by molar-refractivity contribution is -0.0589. The summed E-state index contributed by atoms with van der Waals surface area (Å²) in [5.74, 6) is 0. The quantitative estimate of drug-likeness (QED) is 0.392. The number of rotatable bonds is 16. The van der Waals surface area contributed by atoms with Crippen molar-refractivity contribution in [1.29, 1.82) is 0 Å². The first-order chi connectivity index (χ1) is 12.6. The Morgan fingerprint density at radius 2 is 1.31 bits per heavy atom. The number of hydrogen-bond donors (Lipinski definition) is 2. The monoisotopic (exact) mass is 371 g/mol. The van der Waals surface area contributed by atoms with Crippen molar-refractivity contribution >= 4 is 0 Å². The van der Waals surface area contributed by atoms with Gasteiger partial charge < -0.3 is 14.9 Å². The minimum Gasteiger partial charge on any atom is -0.391 e. The third-order valence-corrected chi connectivity index (χ3v) is 5.77. The highest BCUT2D eigenvalue weighted by Crippen LogP contribution is 2.28. The van der Waals surface area contributed by atoms with Crippen LogP contribution < -0.4 is 0 Å². The van der Waals surface area contributed by atoms with Gasteiger partial charge in [-0.3, -0.25) is 4.90 Å². The molecule has 0 heterocycles. The summed E-state index contributed by atoms with van der Waals surface area (Å²) in [6.45, 7) is 6.14. The molecule has 1 aliphatic rings. The van der Waals surface area contributed by atoms with E-state index in [0.29, 0.717) is 13.0 Å². The molecule has 0 aromatic heterocycles. The van der Waals surface area contributed by atoms with Gasteiger partial charge in [0, 0.05) is 13.0 Å². The largest absolute Gasteiger partial charge is 0.391 e. The van der Waals surface area contributed by atoms with Crippen molar-refractivity contribution in [3.63, 3.8) is 0 Å².